The predicted molar refractivity (Wildman–Crippen MR) is 203 cm³/mol. The van der Waals surface area contributed by atoms with Gasteiger partial charge in [0.15, 0.2) is 0 Å². The lowest BCUT2D eigenvalue weighted by atomic mass is 9.58. The number of ether oxygens (including phenoxy) is 2. The van der Waals surface area contributed by atoms with Gasteiger partial charge in [-0.05, 0) is 82.2 Å². The summed E-state index contributed by atoms with van der Waals surface area (Å²) in [5.41, 5.74) is 1.91. The molecule has 6 rings (SSSR count). The van der Waals surface area contributed by atoms with E-state index in [0.29, 0.717) is 40.3 Å². The minimum absolute atomic E-state index is 0.0410. The summed E-state index contributed by atoms with van der Waals surface area (Å²) < 4.78 is 13.5. The van der Waals surface area contributed by atoms with Crippen LogP contribution in [-0.4, -0.2) is 69.2 Å². The lowest BCUT2D eigenvalue weighted by Gasteiger charge is -2.54. The average molecular weight is 818 g/mol. The fourth-order valence-electron chi connectivity index (χ4n) is 7.12. The van der Waals surface area contributed by atoms with Crippen LogP contribution >= 0.6 is 45.8 Å². The average Bonchev–Trinajstić information content (AvgIpc) is 3.25. The molecule has 3 atom stereocenters. The third-order valence-electron chi connectivity index (χ3n) is 9.33. The van der Waals surface area contributed by atoms with Crippen LogP contribution in [0.5, 0.6) is 5.75 Å². The van der Waals surface area contributed by atoms with Gasteiger partial charge in [0, 0.05) is 53.2 Å². The molecule has 8 nitrogen and oxygen atoms in total. The maximum atomic E-state index is 15.7. The molecule has 1 saturated heterocycles. The van der Waals surface area contributed by atoms with Crippen LogP contribution < -0.4 is 9.64 Å². The Morgan fingerprint density at radius 2 is 1.85 bits per heavy atom. The van der Waals surface area contributed by atoms with Crippen LogP contribution in [0.2, 0.25) is 35.7 Å². The zero-order valence-corrected chi connectivity index (χ0v) is 32.2. The standard InChI is InChI=1S/C36H39Cl2IN4O4Si/c1-6-14-47-31-13-11-26(39)19-27(31)34-36(28-12-10-25(38)18-30(28)43(35(36)45)22-46-15-16-48(3,4)5)29(23-8-7-9-24(37)17-23)20-32-40-41(2)33(44)21-42(32)34/h6-13,17-19,29,34H,1,14-16,20-22H2,2-5H3/t29-,34+,36-/m0/s1. The Bertz CT molecular complexity index is 1800. The van der Waals surface area contributed by atoms with Gasteiger partial charge in [-0.2, -0.15) is 5.10 Å². The van der Waals surface area contributed by atoms with Crippen LogP contribution in [0, 0.1) is 3.57 Å². The number of amides is 2. The van der Waals surface area contributed by atoms with E-state index in [0.717, 1.165) is 26.3 Å². The number of likely N-dealkylation sites (N-methyl/N-ethyl adjacent to an activating group) is 1. The molecule has 12 heteroatoms. The van der Waals surface area contributed by atoms with Gasteiger partial charge in [0.05, 0.1) is 11.7 Å². The summed E-state index contributed by atoms with van der Waals surface area (Å²) in [6, 6.07) is 19.5. The molecule has 0 saturated carbocycles. The normalized spacial score (nSPS) is 22.1. The summed E-state index contributed by atoms with van der Waals surface area (Å²) in [7, 11) is 0.289. The van der Waals surface area contributed by atoms with Crippen molar-refractivity contribution in [3.63, 3.8) is 0 Å². The van der Waals surface area contributed by atoms with Gasteiger partial charge in [0.25, 0.3) is 5.91 Å². The van der Waals surface area contributed by atoms with E-state index in [4.69, 9.17) is 37.8 Å². The number of amidine groups is 1. The van der Waals surface area contributed by atoms with Crippen molar-refractivity contribution in [3.8, 4) is 5.75 Å². The van der Waals surface area contributed by atoms with E-state index in [1.54, 1.807) is 18.0 Å². The van der Waals surface area contributed by atoms with Crippen molar-refractivity contribution in [2.45, 2.75) is 49.5 Å². The first kappa shape index (κ1) is 34.9. The van der Waals surface area contributed by atoms with Crippen molar-refractivity contribution in [2.24, 2.45) is 5.10 Å². The summed E-state index contributed by atoms with van der Waals surface area (Å²) in [6.45, 7) is 11.7. The molecule has 3 aromatic carbocycles. The Morgan fingerprint density at radius 3 is 2.58 bits per heavy atom. The summed E-state index contributed by atoms with van der Waals surface area (Å²) >= 11 is 15.6. The van der Waals surface area contributed by atoms with Gasteiger partial charge in [-0.3, -0.25) is 14.5 Å². The van der Waals surface area contributed by atoms with E-state index in [1.807, 2.05) is 65.6 Å². The molecule has 2 amide bonds. The number of piperidine rings is 1. The predicted octanol–water partition coefficient (Wildman–Crippen LogP) is 8.08. The van der Waals surface area contributed by atoms with Gasteiger partial charge >= 0.3 is 0 Å². The number of carbonyl (C=O) groups excluding carboxylic acids is 2. The molecule has 0 unspecified atom stereocenters. The van der Waals surface area contributed by atoms with E-state index < -0.39 is 25.4 Å². The van der Waals surface area contributed by atoms with E-state index in [2.05, 4.69) is 48.8 Å². The van der Waals surface area contributed by atoms with E-state index in [1.165, 1.54) is 5.01 Å². The second-order valence-corrected chi connectivity index (χ2v) is 21.4. The molecule has 0 aliphatic carbocycles. The summed E-state index contributed by atoms with van der Waals surface area (Å²) in [5, 5.41) is 7.26. The molecule has 48 heavy (non-hydrogen) atoms. The van der Waals surface area contributed by atoms with E-state index in [-0.39, 0.29) is 31.7 Å². The Kier molecular flexibility index (Phi) is 10.0. The molecule has 252 valence electrons. The first-order valence-corrected chi connectivity index (χ1v) is 21.5. The first-order valence-electron chi connectivity index (χ1n) is 15.9. The number of anilines is 1. The SMILES string of the molecule is C=CCOc1ccc(I)cc1[C@H]1N2CC(=O)N(C)N=C2C[C@@H](c2cccc(Cl)c2)[C@]12C(=O)N(COCC[Si](C)(C)C)c1cc(Cl)ccc12. The van der Waals surface area contributed by atoms with Crippen molar-refractivity contribution in [1.29, 1.82) is 0 Å². The molecule has 3 aromatic rings. The highest BCUT2D eigenvalue weighted by atomic mass is 127. The van der Waals surface area contributed by atoms with Crippen molar-refractivity contribution >= 4 is 77.2 Å². The Balaban J connectivity index is 1.64. The number of carbonyl (C=O) groups is 2. The van der Waals surface area contributed by atoms with Crippen LogP contribution in [0.4, 0.5) is 5.69 Å². The molecule has 3 heterocycles. The smallest absolute Gasteiger partial charge is 0.262 e. The minimum atomic E-state index is -1.38. The fraction of sp³-hybridized carbons (Fsp3) is 0.361. The van der Waals surface area contributed by atoms with Crippen molar-refractivity contribution in [3.05, 3.63) is 104 Å². The second kappa shape index (κ2) is 13.8. The van der Waals surface area contributed by atoms with E-state index in [9.17, 15) is 4.79 Å². The molecule has 0 bridgehead atoms. The fourth-order valence-corrected chi connectivity index (χ4v) is 8.76. The summed E-state index contributed by atoms with van der Waals surface area (Å²) in [5.74, 6) is 0.571. The van der Waals surface area contributed by atoms with Gasteiger partial charge in [-0.25, -0.2) is 5.01 Å². The Labute approximate surface area is 306 Å². The quantitative estimate of drug-likeness (QED) is 0.0896. The Hall–Kier alpha value is -2.90. The van der Waals surface area contributed by atoms with Gasteiger partial charge < -0.3 is 14.4 Å². The number of hydrogen-bond donors (Lipinski definition) is 0. The number of hydrogen-bond acceptors (Lipinski definition) is 6. The maximum Gasteiger partial charge on any atom is 0.262 e. The summed E-state index contributed by atoms with van der Waals surface area (Å²) in [6.07, 6.45) is 2.08. The maximum absolute atomic E-state index is 15.7. The Morgan fingerprint density at radius 1 is 1.08 bits per heavy atom. The first-order chi connectivity index (χ1) is 22.8. The molecule has 0 aromatic heterocycles. The second-order valence-electron chi connectivity index (χ2n) is 13.7. The number of nitrogens with zero attached hydrogens (tertiary/aromatic N) is 4. The van der Waals surface area contributed by atoms with E-state index >= 15 is 4.79 Å². The number of benzene rings is 3. The molecular weight excluding hydrogens is 778 g/mol. The number of fused-ring (bicyclic) bond motifs is 3. The minimum Gasteiger partial charge on any atom is -0.489 e. The molecule has 3 aliphatic heterocycles. The molecule has 3 aliphatic rings. The molecule has 0 radical (unpaired) electrons. The lowest BCUT2D eigenvalue weighted by molar-refractivity contribution is -0.136. The third-order valence-corrected chi connectivity index (χ3v) is 12.2. The molecular formula is C36H39Cl2IN4O4Si. The van der Waals surface area contributed by atoms with Gasteiger partial charge in [0.1, 0.15) is 36.9 Å². The third kappa shape index (κ3) is 6.42. The highest BCUT2D eigenvalue weighted by Gasteiger charge is 2.66. The van der Waals surface area contributed by atoms with Crippen molar-refractivity contribution in [1.82, 2.24) is 9.91 Å². The van der Waals surface area contributed by atoms with Crippen LogP contribution in [0.25, 0.3) is 0 Å². The molecule has 1 spiro atoms. The highest BCUT2D eigenvalue weighted by molar-refractivity contribution is 14.1. The van der Waals surface area contributed by atoms with Crippen LogP contribution in [0.3, 0.4) is 0 Å². The van der Waals surface area contributed by atoms with Gasteiger partial charge in [0.2, 0.25) is 5.91 Å². The zero-order chi connectivity index (χ0) is 34.4. The zero-order valence-electron chi connectivity index (χ0n) is 27.5. The van der Waals surface area contributed by atoms with Gasteiger partial charge in [-0.1, -0.05) is 73.7 Å². The van der Waals surface area contributed by atoms with Crippen molar-refractivity contribution in [2.75, 3.05) is 38.4 Å². The number of hydrazone groups is 1. The monoisotopic (exact) mass is 816 g/mol. The number of halogens is 3. The van der Waals surface area contributed by atoms with Crippen molar-refractivity contribution < 1.29 is 19.1 Å². The van der Waals surface area contributed by atoms with Gasteiger partial charge in [-0.15, -0.1) is 0 Å². The molecule has 1 fully saturated rings. The van der Waals surface area contributed by atoms with Crippen LogP contribution in [0.15, 0.2) is 78.4 Å². The largest absolute Gasteiger partial charge is 0.489 e. The summed E-state index contributed by atoms with van der Waals surface area (Å²) in [4.78, 5) is 32.8. The highest BCUT2D eigenvalue weighted by Crippen LogP contribution is 2.63. The topological polar surface area (TPSA) is 74.7 Å². The van der Waals surface area contributed by atoms with Crippen LogP contribution in [-0.2, 0) is 19.7 Å². The lowest BCUT2D eigenvalue weighted by Crippen LogP contribution is -2.62. The molecule has 0 N–H and O–H groups in total. The number of rotatable bonds is 10. The van der Waals surface area contributed by atoms with Crippen LogP contribution in [0.1, 0.15) is 35.1 Å².